The monoisotopic (exact) mass is 423 g/mol. The van der Waals surface area contributed by atoms with E-state index >= 15 is 0 Å². The number of para-hydroxylation sites is 1. The molecule has 3 aromatic rings. The zero-order valence-corrected chi connectivity index (χ0v) is 15.7. The van der Waals surface area contributed by atoms with Gasteiger partial charge in [-0.2, -0.15) is 8.78 Å². The number of thioether (sulfide) groups is 1. The molecule has 11 heteroatoms. The Balaban J connectivity index is 1.63. The van der Waals surface area contributed by atoms with Crippen LogP contribution in [0.1, 0.15) is 12.8 Å². The highest BCUT2D eigenvalue weighted by Crippen LogP contribution is 2.31. The number of benzene rings is 2. The van der Waals surface area contributed by atoms with E-state index in [9.17, 15) is 28.5 Å². The highest BCUT2D eigenvalue weighted by molar-refractivity contribution is 7.99. The maximum absolute atomic E-state index is 12.6. The Kier molecular flexibility index (Phi) is 6.27. The lowest BCUT2D eigenvalue weighted by Crippen LogP contribution is -2.17. The van der Waals surface area contributed by atoms with Gasteiger partial charge in [-0.3, -0.25) is 19.5 Å². The lowest BCUT2D eigenvalue weighted by Gasteiger charge is -2.10. The molecule has 0 spiro atoms. The van der Waals surface area contributed by atoms with Gasteiger partial charge < -0.3 is 9.73 Å². The van der Waals surface area contributed by atoms with Crippen LogP contribution in [-0.4, -0.2) is 21.2 Å². The van der Waals surface area contributed by atoms with E-state index in [4.69, 9.17) is 4.42 Å². The van der Waals surface area contributed by atoms with Crippen LogP contribution < -0.4 is 11.1 Å². The molecule has 0 unspecified atom stereocenters. The molecule has 29 heavy (non-hydrogen) atoms. The molecule has 1 N–H and O–H groups in total. The summed E-state index contributed by atoms with van der Waals surface area (Å²) in [5.74, 6) is -3.67. The summed E-state index contributed by atoms with van der Waals surface area (Å²) in [5.41, 5.74) is 0.574. The minimum Gasteiger partial charge on any atom is -0.407 e. The fourth-order valence-corrected chi connectivity index (χ4v) is 3.35. The lowest BCUT2D eigenvalue weighted by atomic mass is 10.2. The van der Waals surface area contributed by atoms with Crippen LogP contribution in [-0.2, 0) is 11.3 Å². The number of amides is 1. The number of alkyl halides is 2. The zero-order valence-electron chi connectivity index (χ0n) is 14.8. The lowest BCUT2D eigenvalue weighted by molar-refractivity contribution is -0.384. The van der Waals surface area contributed by atoms with Crippen LogP contribution in [0.3, 0.4) is 0 Å². The third-order valence-corrected chi connectivity index (χ3v) is 4.81. The number of carbonyl (C=O) groups is 1. The van der Waals surface area contributed by atoms with Gasteiger partial charge in [-0.05, 0) is 24.6 Å². The van der Waals surface area contributed by atoms with Gasteiger partial charge in [-0.15, -0.1) is 0 Å². The highest BCUT2D eigenvalue weighted by Gasteiger charge is 2.15. The standard InChI is InChI=1S/C18H15F2N3O5S/c19-17(20)29-15-5-2-1-4-12(15)21-16(24)6-3-9-22-13-8-7-11(23(26)27)10-14(13)28-18(22)25/h1-2,4-5,7-8,10,17H,3,6,9H2,(H,21,24). The van der Waals surface area contributed by atoms with Crippen LogP contribution in [0.4, 0.5) is 20.2 Å². The first-order valence-corrected chi connectivity index (χ1v) is 9.34. The number of nitrogens with one attached hydrogen (secondary N) is 1. The van der Waals surface area contributed by atoms with E-state index in [0.717, 1.165) is 6.07 Å². The molecule has 0 atom stereocenters. The number of non-ortho nitro benzene ring substituents is 1. The van der Waals surface area contributed by atoms with Crippen LogP contribution in [0.5, 0.6) is 0 Å². The van der Waals surface area contributed by atoms with Gasteiger partial charge in [0.05, 0.1) is 22.2 Å². The van der Waals surface area contributed by atoms with Gasteiger partial charge in [0.2, 0.25) is 5.91 Å². The zero-order chi connectivity index (χ0) is 21.0. The summed E-state index contributed by atoms with van der Waals surface area (Å²) in [5, 5.41) is 13.4. The largest absolute Gasteiger partial charge is 0.419 e. The average molecular weight is 423 g/mol. The Morgan fingerprint density at radius 3 is 2.76 bits per heavy atom. The van der Waals surface area contributed by atoms with E-state index in [0.29, 0.717) is 23.0 Å². The number of aromatic nitrogens is 1. The van der Waals surface area contributed by atoms with E-state index in [1.54, 1.807) is 12.1 Å². The molecule has 0 aliphatic carbocycles. The number of aryl methyl sites for hydroxylation is 1. The molecular weight excluding hydrogens is 408 g/mol. The summed E-state index contributed by atoms with van der Waals surface area (Å²) in [6, 6.07) is 10.1. The van der Waals surface area contributed by atoms with Crippen molar-refractivity contribution in [1.82, 2.24) is 4.57 Å². The second kappa shape index (κ2) is 8.86. The molecule has 0 fully saturated rings. The number of carbonyl (C=O) groups excluding carboxylic acids is 1. The maximum atomic E-state index is 12.6. The molecule has 0 saturated carbocycles. The number of nitro groups is 1. The molecule has 0 aliphatic heterocycles. The minimum absolute atomic E-state index is 0.0414. The second-order valence-electron chi connectivity index (χ2n) is 5.96. The van der Waals surface area contributed by atoms with Gasteiger partial charge in [-0.25, -0.2) is 4.79 Å². The van der Waals surface area contributed by atoms with E-state index in [1.165, 1.54) is 28.8 Å². The Hall–Kier alpha value is -3.21. The quantitative estimate of drug-likeness (QED) is 0.330. The number of nitro benzene ring substituents is 1. The fraction of sp³-hybridized carbons (Fsp3) is 0.222. The molecule has 0 radical (unpaired) electrons. The molecule has 8 nitrogen and oxygen atoms in total. The number of hydrogen-bond donors (Lipinski definition) is 1. The van der Waals surface area contributed by atoms with Crippen molar-refractivity contribution < 1.29 is 22.9 Å². The van der Waals surface area contributed by atoms with Crippen molar-refractivity contribution in [1.29, 1.82) is 0 Å². The smallest absolute Gasteiger partial charge is 0.407 e. The van der Waals surface area contributed by atoms with Crippen molar-refractivity contribution in [3.05, 3.63) is 63.1 Å². The topological polar surface area (TPSA) is 107 Å². The van der Waals surface area contributed by atoms with Gasteiger partial charge in [0.15, 0.2) is 5.58 Å². The van der Waals surface area contributed by atoms with E-state index in [-0.39, 0.29) is 41.5 Å². The van der Waals surface area contributed by atoms with Gasteiger partial charge in [0, 0.05) is 23.9 Å². The third kappa shape index (κ3) is 4.99. The summed E-state index contributed by atoms with van der Waals surface area (Å²) in [7, 11) is 0. The van der Waals surface area contributed by atoms with Crippen LogP contribution in [0.15, 0.2) is 56.6 Å². The number of halogens is 2. The predicted octanol–water partition coefficient (Wildman–Crippen LogP) is 4.24. The SMILES string of the molecule is O=C(CCCn1c(=O)oc2cc([N+](=O)[O-])ccc21)Nc1ccccc1SC(F)F. The van der Waals surface area contributed by atoms with Crippen molar-refractivity contribution in [2.75, 3.05) is 5.32 Å². The van der Waals surface area contributed by atoms with Gasteiger partial charge in [0.25, 0.3) is 11.4 Å². The Labute approximate surface area is 166 Å². The first-order chi connectivity index (χ1) is 13.8. The normalized spacial score (nSPS) is 11.1. The van der Waals surface area contributed by atoms with Gasteiger partial charge >= 0.3 is 5.76 Å². The van der Waals surface area contributed by atoms with Crippen molar-refractivity contribution in [2.45, 2.75) is 30.0 Å². The molecule has 0 bridgehead atoms. The van der Waals surface area contributed by atoms with Crippen LogP contribution >= 0.6 is 11.8 Å². The van der Waals surface area contributed by atoms with E-state index in [1.807, 2.05) is 0 Å². The summed E-state index contributed by atoms with van der Waals surface area (Å²) < 4.78 is 31.5. The minimum atomic E-state index is -2.61. The summed E-state index contributed by atoms with van der Waals surface area (Å²) in [4.78, 5) is 34.6. The summed E-state index contributed by atoms with van der Waals surface area (Å²) in [6.45, 7) is 0.157. The van der Waals surface area contributed by atoms with E-state index < -0.39 is 16.4 Å². The van der Waals surface area contributed by atoms with Crippen molar-refractivity contribution in [2.24, 2.45) is 0 Å². The van der Waals surface area contributed by atoms with Crippen LogP contribution in [0, 0.1) is 10.1 Å². The second-order valence-corrected chi connectivity index (χ2v) is 6.99. The molecule has 1 amide bonds. The van der Waals surface area contributed by atoms with Crippen molar-refractivity contribution in [3.8, 4) is 0 Å². The first-order valence-electron chi connectivity index (χ1n) is 8.46. The third-order valence-electron chi connectivity index (χ3n) is 4.03. The van der Waals surface area contributed by atoms with Crippen molar-refractivity contribution in [3.63, 3.8) is 0 Å². The Morgan fingerprint density at radius 1 is 1.28 bits per heavy atom. The molecule has 3 rings (SSSR count). The molecule has 1 heterocycles. The molecule has 0 saturated heterocycles. The number of rotatable bonds is 8. The molecule has 0 aliphatic rings. The average Bonchev–Trinajstić information content (AvgIpc) is 2.97. The van der Waals surface area contributed by atoms with Crippen LogP contribution in [0.2, 0.25) is 0 Å². The highest BCUT2D eigenvalue weighted by atomic mass is 32.2. The number of anilines is 1. The Morgan fingerprint density at radius 2 is 2.03 bits per heavy atom. The summed E-state index contributed by atoms with van der Waals surface area (Å²) >= 11 is 0.342. The molecule has 2 aromatic carbocycles. The number of oxazole rings is 1. The van der Waals surface area contributed by atoms with Crippen LogP contribution in [0.25, 0.3) is 11.1 Å². The van der Waals surface area contributed by atoms with Crippen molar-refractivity contribution >= 4 is 40.1 Å². The van der Waals surface area contributed by atoms with Gasteiger partial charge in [0.1, 0.15) is 0 Å². The van der Waals surface area contributed by atoms with Gasteiger partial charge in [-0.1, -0.05) is 23.9 Å². The maximum Gasteiger partial charge on any atom is 0.419 e. The number of nitrogens with zero attached hydrogens (tertiary/aromatic N) is 2. The predicted molar refractivity (Wildman–Crippen MR) is 103 cm³/mol. The molecular formula is C18H15F2N3O5S. The Bertz CT molecular complexity index is 1110. The number of fused-ring (bicyclic) bond motifs is 1. The first kappa shape index (κ1) is 20.5. The molecule has 152 valence electrons. The number of hydrogen-bond acceptors (Lipinski definition) is 6. The van der Waals surface area contributed by atoms with E-state index in [2.05, 4.69) is 5.32 Å². The molecule has 1 aromatic heterocycles. The fourth-order valence-electron chi connectivity index (χ4n) is 2.76. The summed E-state index contributed by atoms with van der Waals surface area (Å²) in [6.07, 6.45) is 0.321.